The SMILES string of the molecule is Cc1ccc(NC(=O)CC(=O)NN=Cc2cc(Br)c(O)c(Br)c2)cc1. The van der Waals surface area contributed by atoms with Crippen molar-refractivity contribution in [3.05, 3.63) is 56.5 Å². The van der Waals surface area contributed by atoms with Crippen LogP contribution >= 0.6 is 31.9 Å². The zero-order valence-corrected chi connectivity index (χ0v) is 16.4. The Bertz CT molecular complexity index is 797. The van der Waals surface area contributed by atoms with Crippen LogP contribution in [0.3, 0.4) is 0 Å². The first-order valence-electron chi connectivity index (χ1n) is 7.21. The van der Waals surface area contributed by atoms with Gasteiger partial charge in [-0.3, -0.25) is 9.59 Å². The molecule has 6 nitrogen and oxygen atoms in total. The van der Waals surface area contributed by atoms with Gasteiger partial charge < -0.3 is 10.4 Å². The van der Waals surface area contributed by atoms with Crippen LogP contribution in [0.2, 0.25) is 0 Å². The third-order valence-corrected chi connectivity index (χ3v) is 4.31. The summed E-state index contributed by atoms with van der Waals surface area (Å²) in [7, 11) is 0. The van der Waals surface area contributed by atoms with Crippen molar-refractivity contribution in [3.63, 3.8) is 0 Å². The number of aryl methyl sites for hydroxylation is 1. The molecule has 0 heterocycles. The van der Waals surface area contributed by atoms with Crippen molar-refractivity contribution in [2.45, 2.75) is 13.3 Å². The third-order valence-electron chi connectivity index (χ3n) is 3.10. The molecule has 2 rings (SSSR count). The number of benzene rings is 2. The number of phenols is 1. The van der Waals surface area contributed by atoms with Crippen LogP contribution in [0.1, 0.15) is 17.5 Å². The minimum atomic E-state index is -0.530. The number of anilines is 1. The minimum Gasteiger partial charge on any atom is -0.506 e. The summed E-state index contributed by atoms with van der Waals surface area (Å²) in [6, 6.07) is 10.6. The number of hydrazone groups is 1. The Hall–Kier alpha value is -2.19. The van der Waals surface area contributed by atoms with Gasteiger partial charge in [0.25, 0.3) is 0 Å². The van der Waals surface area contributed by atoms with Crippen LogP contribution in [-0.2, 0) is 9.59 Å². The van der Waals surface area contributed by atoms with Gasteiger partial charge in [0.1, 0.15) is 12.2 Å². The Morgan fingerprint density at radius 2 is 1.72 bits per heavy atom. The fourth-order valence-corrected chi connectivity index (χ4v) is 3.09. The molecule has 0 aliphatic rings. The van der Waals surface area contributed by atoms with Gasteiger partial charge in [-0.1, -0.05) is 17.7 Å². The van der Waals surface area contributed by atoms with Crippen LogP contribution in [0.15, 0.2) is 50.4 Å². The molecule has 130 valence electrons. The highest BCUT2D eigenvalue weighted by atomic mass is 79.9. The molecule has 3 N–H and O–H groups in total. The second-order valence-electron chi connectivity index (χ2n) is 5.22. The first-order chi connectivity index (χ1) is 11.8. The number of nitrogens with one attached hydrogen (secondary N) is 2. The molecule has 0 unspecified atom stereocenters. The minimum absolute atomic E-state index is 0.0777. The van der Waals surface area contributed by atoms with E-state index in [0.717, 1.165) is 5.56 Å². The zero-order chi connectivity index (χ0) is 18.4. The van der Waals surface area contributed by atoms with Gasteiger partial charge in [-0.05, 0) is 68.6 Å². The molecule has 8 heteroatoms. The standard InChI is InChI=1S/C17H15Br2N3O3/c1-10-2-4-12(5-3-10)21-15(23)8-16(24)22-20-9-11-6-13(18)17(25)14(19)7-11/h2-7,9,25H,8H2,1H3,(H,21,23)(H,22,24). The summed E-state index contributed by atoms with van der Waals surface area (Å²) in [4.78, 5) is 23.5. The van der Waals surface area contributed by atoms with E-state index in [4.69, 9.17) is 0 Å². The van der Waals surface area contributed by atoms with E-state index in [0.29, 0.717) is 20.2 Å². The first-order valence-corrected chi connectivity index (χ1v) is 8.80. The Morgan fingerprint density at radius 1 is 1.12 bits per heavy atom. The van der Waals surface area contributed by atoms with Gasteiger partial charge >= 0.3 is 0 Å². The summed E-state index contributed by atoms with van der Waals surface area (Å²) in [6.45, 7) is 1.95. The van der Waals surface area contributed by atoms with E-state index < -0.39 is 11.8 Å². The van der Waals surface area contributed by atoms with E-state index in [1.165, 1.54) is 6.21 Å². The Kier molecular flexibility index (Phi) is 6.72. The summed E-state index contributed by atoms with van der Waals surface area (Å²) < 4.78 is 0.985. The predicted octanol–water partition coefficient (Wildman–Crippen LogP) is 3.70. The average Bonchev–Trinajstić information content (AvgIpc) is 2.54. The van der Waals surface area contributed by atoms with Gasteiger partial charge in [-0.25, -0.2) is 5.43 Å². The molecule has 0 bridgehead atoms. The van der Waals surface area contributed by atoms with E-state index in [9.17, 15) is 14.7 Å². The third kappa shape index (κ3) is 5.99. The molecule has 0 aliphatic carbocycles. The molecular weight excluding hydrogens is 454 g/mol. The lowest BCUT2D eigenvalue weighted by atomic mass is 10.2. The smallest absolute Gasteiger partial charge is 0.249 e. The summed E-state index contributed by atoms with van der Waals surface area (Å²) in [5.74, 6) is -0.876. The number of nitrogens with zero attached hydrogens (tertiary/aromatic N) is 1. The summed E-state index contributed by atoms with van der Waals surface area (Å²) in [6.07, 6.45) is 1.07. The predicted molar refractivity (Wildman–Crippen MR) is 104 cm³/mol. The van der Waals surface area contributed by atoms with E-state index in [1.807, 2.05) is 19.1 Å². The quantitative estimate of drug-likeness (QED) is 0.355. The molecule has 0 aliphatic heterocycles. The molecule has 0 saturated carbocycles. The monoisotopic (exact) mass is 467 g/mol. The van der Waals surface area contributed by atoms with Crippen LogP contribution < -0.4 is 10.7 Å². The summed E-state index contributed by atoms with van der Waals surface area (Å²) in [5.41, 5.74) is 4.65. The van der Waals surface area contributed by atoms with Crippen LogP contribution in [0.4, 0.5) is 5.69 Å². The lowest BCUT2D eigenvalue weighted by Crippen LogP contribution is -2.24. The van der Waals surface area contributed by atoms with E-state index in [1.54, 1.807) is 24.3 Å². The molecule has 0 spiro atoms. The molecule has 25 heavy (non-hydrogen) atoms. The number of hydrogen-bond acceptors (Lipinski definition) is 4. The molecule has 0 radical (unpaired) electrons. The van der Waals surface area contributed by atoms with Crippen molar-refractivity contribution in [1.82, 2.24) is 5.43 Å². The number of halogens is 2. The first kappa shape index (κ1) is 19.1. The average molecular weight is 469 g/mol. The van der Waals surface area contributed by atoms with Crippen LogP contribution in [0.5, 0.6) is 5.75 Å². The van der Waals surface area contributed by atoms with Crippen molar-refractivity contribution < 1.29 is 14.7 Å². The van der Waals surface area contributed by atoms with Crippen molar-refractivity contribution >= 4 is 55.6 Å². The highest BCUT2D eigenvalue weighted by molar-refractivity contribution is 9.11. The number of carbonyl (C=O) groups is 2. The van der Waals surface area contributed by atoms with Gasteiger partial charge in [0.15, 0.2) is 0 Å². The van der Waals surface area contributed by atoms with Crippen LogP contribution in [-0.4, -0.2) is 23.1 Å². The van der Waals surface area contributed by atoms with Gasteiger partial charge in [0, 0.05) is 5.69 Å². The van der Waals surface area contributed by atoms with E-state index in [-0.39, 0.29) is 12.2 Å². The van der Waals surface area contributed by atoms with Crippen molar-refractivity contribution in [2.24, 2.45) is 5.10 Å². The number of rotatable bonds is 5. The second-order valence-corrected chi connectivity index (χ2v) is 6.93. The fraction of sp³-hybridized carbons (Fsp3) is 0.118. The number of amides is 2. The highest BCUT2D eigenvalue weighted by Gasteiger charge is 2.09. The van der Waals surface area contributed by atoms with Gasteiger partial charge in [-0.2, -0.15) is 5.10 Å². The van der Waals surface area contributed by atoms with Gasteiger partial charge in [0.05, 0.1) is 15.2 Å². The maximum atomic E-state index is 11.8. The number of phenolic OH excluding ortho intramolecular Hbond substituents is 1. The summed E-state index contributed by atoms with van der Waals surface area (Å²) in [5, 5.41) is 16.1. The Labute approximate surface area is 161 Å². The molecule has 0 atom stereocenters. The molecular formula is C17H15Br2N3O3. The van der Waals surface area contributed by atoms with Crippen molar-refractivity contribution in [3.8, 4) is 5.75 Å². The zero-order valence-electron chi connectivity index (χ0n) is 13.2. The second kappa shape index (κ2) is 8.77. The lowest BCUT2D eigenvalue weighted by Gasteiger charge is -2.05. The van der Waals surface area contributed by atoms with Gasteiger partial charge in [0.2, 0.25) is 11.8 Å². The largest absolute Gasteiger partial charge is 0.506 e. The van der Waals surface area contributed by atoms with Crippen molar-refractivity contribution in [1.29, 1.82) is 0 Å². The maximum absolute atomic E-state index is 11.8. The van der Waals surface area contributed by atoms with Gasteiger partial charge in [-0.15, -0.1) is 0 Å². The Morgan fingerprint density at radius 3 is 2.32 bits per heavy atom. The van der Waals surface area contributed by atoms with Crippen LogP contribution in [0, 0.1) is 6.92 Å². The van der Waals surface area contributed by atoms with E-state index in [2.05, 4.69) is 47.7 Å². The molecule has 0 fully saturated rings. The normalized spacial score (nSPS) is 10.7. The van der Waals surface area contributed by atoms with Crippen molar-refractivity contribution in [2.75, 3.05) is 5.32 Å². The fourth-order valence-electron chi connectivity index (χ4n) is 1.87. The molecule has 0 saturated heterocycles. The summed E-state index contributed by atoms with van der Waals surface area (Å²) >= 11 is 6.41. The Balaban J connectivity index is 1.85. The number of hydrogen-bond donors (Lipinski definition) is 3. The number of aromatic hydroxyl groups is 1. The van der Waals surface area contributed by atoms with E-state index >= 15 is 0 Å². The molecule has 2 aromatic rings. The molecule has 2 aromatic carbocycles. The van der Waals surface area contributed by atoms with Crippen LogP contribution in [0.25, 0.3) is 0 Å². The lowest BCUT2D eigenvalue weighted by molar-refractivity contribution is -0.126. The highest BCUT2D eigenvalue weighted by Crippen LogP contribution is 2.32. The number of carbonyl (C=O) groups excluding carboxylic acids is 2. The maximum Gasteiger partial charge on any atom is 0.249 e. The topological polar surface area (TPSA) is 90.8 Å². The molecule has 0 aromatic heterocycles. The molecule has 2 amide bonds.